The molecule has 2 unspecified atom stereocenters. The van der Waals surface area contributed by atoms with Crippen LogP contribution in [-0.4, -0.2) is 27.4 Å². The molecule has 0 saturated carbocycles. The van der Waals surface area contributed by atoms with Crippen molar-refractivity contribution in [1.82, 2.24) is 14.7 Å². The van der Waals surface area contributed by atoms with E-state index in [-0.39, 0.29) is 28.6 Å². The van der Waals surface area contributed by atoms with Crippen LogP contribution in [0.2, 0.25) is 0 Å². The van der Waals surface area contributed by atoms with Gasteiger partial charge >= 0.3 is 5.82 Å². The number of likely N-dealkylation sites (N-methyl/N-ethyl adjacent to an activating group) is 1. The third-order valence-electron chi connectivity index (χ3n) is 3.46. The Morgan fingerprint density at radius 1 is 1.47 bits per heavy atom. The molecule has 2 aromatic heterocycles. The minimum absolute atomic E-state index is 0.0116. The van der Waals surface area contributed by atoms with E-state index in [0.717, 1.165) is 0 Å². The standard InChI is InChI=1S/C12H18N4O2S/c1-7(2)9(8(3)13-4)10-11(16(17)18)15-5-6-19-12(15)14-10/h5-9,13H,1-4H3. The van der Waals surface area contributed by atoms with Crippen LogP contribution >= 0.6 is 11.3 Å². The van der Waals surface area contributed by atoms with E-state index in [9.17, 15) is 10.1 Å². The second-order valence-corrected chi connectivity index (χ2v) is 5.85. The predicted molar refractivity (Wildman–Crippen MR) is 75.8 cm³/mol. The normalized spacial score (nSPS) is 15.0. The average molecular weight is 282 g/mol. The average Bonchev–Trinajstić information content (AvgIpc) is 2.87. The number of nitro groups is 1. The smallest absolute Gasteiger partial charge is 0.352 e. The maximum atomic E-state index is 11.4. The molecule has 0 fully saturated rings. The van der Waals surface area contributed by atoms with E-state index in [1.165, 1.54) is 11.3 Å². The number of aromatic nitrogens is 2. The van der Waals surface area contributed by atoms with Gasteiger partial charge in [-0.3, -0.25) is 0 Å². The molecule has 2 aromatic rings. The van der Waals surface area contributed by atoms with Crippen molar-refractivity contribution in [2.75, 3.05) is 7.05 Å². The molecule has 6 nitrogen and oxygen atoms in total. The van der Waals surface area contributed by atoms with Crippen LogP contribution in [0, 0.1) is 16.0 Å². The number of nitrogens with one attached hydrogen (secondary N) is 1. The van der Waals surface area contributed by atoms with E-state index in [1.54, 1.807) is 10.6 Å². The molecule has 0 spiro atoms. The van der Waals surface area contributed by atoms with Gasteiger partial charge in [-0.2, -0.15) is 9.38 Å². The van der Waals surface area contributed by atoms with Crippen LogP contribution in [0.5, 0.6) is 0 Å². The maximum absolute atomic E-state index is 11.4. The van der Waals surface area contributed by atoms with E-state index in [0.29, 0.717) is 10.7 Å². The van der Waals surface area contributed by atoms with E-state index in [2.05, 4.69) is 24.1 Å². The highest BCUT2D eigenvalue weighted by Gasteiger charge is 2.34. The summed E-state index contributed by atoms with van der Waals surface area (Å²) in [6.45, 7) is 6.16. The van der Waals surface area contributed by atoms with Crippen LogP contribution in [0.25, 0.3) is 4.96 Å². The van der Waals surface area contributed by atoms with E-state index < -0.39 is 0 Å². The lowest BCUT2D eigenvalue weighted by Crippen LogP contribution is -2.32. The highest BCUT2D eigenvalue weighted by molar-refractivity contribution is 7.15. The molecule has 0 aliphatic carbocycles. The van der Waals surface area contributed by atoms with Gasteiger partial charge in [0.1, 0.15) is 11.9 Å². The molecular weight excluding hydrogens is 264 g/mol. The van der Waals surface area contributed by atoms with Crippen molar-refractivity contribution in [1.29, 1.82) is 0 Å². The van der Waals surface area contributed by atoms with Gasteiger partial charge in [0.2, 0.25) is 0 Å². The SMILES string of the molecule is CNC(C)C(c1nc2sccn2c1[N+](=O)[O-])C(C)C. The van der Waals surface area contributed by atoms with Gasteiger partial charge in [0.15, 0.2) is 0 Å². The molecule has 104 valence electrons. The Labute approximate surface area is 115 Å². The minimum atomic E-state index is -0.334. The van der Waals surface area contributed by atoms with Gasteiger partial charge < -0.3 is 15.4 Å². The Kier molecular flexibility index (Phi) is 3.86. The van der Waals surface area contributed by atoms with Crippen molar-refractivity contribution in [2.24, 2.45) is 5.92 Å². The van der Waals surface area contributed by atoms with Gasteiger partial charge in [0, 0.05) is 17.3 Å². The maximum Gasteiger partial charge on any atom is 0.352 e. The van der Waals surface area contributed by atoms with Crippen LogP contribution in [-0.2, 0) is 0 Å². The number of hydrogen-bond acceptors (Lipinski definition) is 5. The molecule has 0 radical (unpaired) electrons. The highest BCUT2D eigenvalue weighted by Crippen LogP contribution is 2.35. The number of fused-ring (bicyclic) bond motifs is 1. The topological polar surface area (TPSA) is 72.5 Å². The Hall–Kier alpha value is -1.47. The summed E-state index contributed by atoms with van der Waals surface area (Å²) in [4.78, 5) is 16.2. The molecule has 19 heavy (non-hydrogen) atoms. The van der Waals surface area contributed by atoms with Crippen LogP contribution in [0.15, 0.2) is 11.6 Å². The van der Waals surface area contributed by atoms with Gasteiger partial charge in [-0.1, -0.05) is 25.2 Å². The van der Waals surface area contributed by atoms with E-state index in [1.807, 2.05) is 19.4 Å². The Bertz CT molecular complexity index is 590. The van der Waals surface area contributed by atoms with Crippen LogP contribution < -0.4 is 5.32 Å². The van der Waals surface area contributed by atoms with E-state index >= 15 is 0 Å². The monoisotopic (exact) mass is 282 g/mol. The summed E-state index contributed by atoms with van der Waals surface area (Å²) in [6, 6.07) is 0.128. The zero-order valence-corrected chi connectivity index (χ0v) is 12.3. The van der Waals surface area contributed by atoms with Gasteiger partial charge in [-0.05, 0) is 24.8 Å². The second-order valence-electron chi connectivity index (χ2n) is 4.98. The van der Waals surface area contributed by atoms with Crippen molar-refractivity contribution >= 4 is 22.1 Å². The second kappa shape index (κ2) is 5.26. The summed E-state index contributed by atoms with van der Waals surface area (Å²) >= 11 is 1.42. The molecule has 7 heteroatoms. The summed E-state index contributed by atoms with van der Waals surface area (Å²) in [5.74, 6) is 0.375. The van der Waals surface area contributed by atoms with Crippen molar-refractivity contribution in [3.05, 3.63) is 27.4 Å². The van der Waals surface area contributed by atoms with Crippen LogP contribution in [0.4, 0.5) is 5.82 Å². The van der Waals surface area contributed by atoms with Crippen molar-refractivity contribution in [2.45, 2.75) is 32.7 Å². The lowest BCUT2D eigenvalue weighted by atomic mass is 9.86. The summed E-state index contributed by atoms with van der Waals surface area (Å²) < 4.78 is 1.57. The number of rotatable bonds is 5. The molecule has 2 heterocycles. The quantitative estimate of drug-likeness (QED) is 0.676. The van der Waals surface area contributed by atoms with Gasteiger partial charge in [0.05, 0.1) is 0 Å². The van der Waals surface area contributed by atoms with Gasteiger partial charge in [-0.25, -0.2) is 0 Å². The molecule has 0 bridgehead atoms. The first-order chi connectivity index (χ1) is 8.97. The van der Waals surface area contributed by atoms with E-state index in [4.69, 9.17) is 0 Å². The molecule has 2 rings (SSSR count). The lowest BCUT2D eigenvalue weighted by Gasteiger charge is -2.25. The summed E-state index contributed by atoms with van der Waals surface area (Å²) in [5, 5.41) is 16.4. The molecule has 0 amide bonds. The largest absolute Gasteiger partial charge is 0.358 e. The van der Waals surface area contributed by atoms with Crippen molar-refractivity contribution in [3.8, 4) is 0 Å². The number of nitrogens with zero attached hydrogens (tertiary/aromatic N) is 3. The minimum Gasteiger partial charge on any atom is -0.358 e. The Morgan fingerprint density at radius 3 is 2.68 bits per heavy atom. The number of thiazole rings is 1. The third-order valence-corrected chi connectivity index (χ3v) is 4.22. The van der Waals surface area contributed by atoms with Crippen LogP contribution in [0.1, 0.15) is 32.4 Å². The zero-order valence-electron chi connectivity index (χ0n) is 11.5. The molecule has 0 aromatic carbocycles. The predicted octanol–water partition coefficient (Wildman–Crippen LogP) is 2.65. The molecule has 2 atom stereocenters. The zero-order chi connectivity index (χ0) is 14.2. The highest BCUT2D eigenvalue weighted by atomic mass is 32.1. The molecular formula is C12H18N4O2S. The van der Waals surface area contributed by atoms with Gasteiger partial charge in [-0.15, -0.1) is 0 Å². The van der Waals surface area contributed by atoms with Crippen molar-refractivity contribution in [3.63, 3.8) is 0 Å². The molecule has 1 N–H and O–H groups in total. The summed E-state index contributed by atoms with van der Waals surface area (Å²) in [7, 11) is 1.87. The van der Waals surface area contributed by atoms with Gasteiger partial charge in [0.25, 0.3) is 4.96 Å². The Morgan fingerprint density at radius 2 is 2.16 bits per heavy atom. The summed E-state index contributed by atoms with van der Waals surface area (Å²) in [6.07, 6.45) is 1.70. The molecule has 0 aliphatic rings. The fourth-order valence-corrected chi connectivity index (χ4v) is 3.22. The third kappa shape index (κ3) is 2.35. The first-order valence-corrected chi connectivity index (χ1v) is 7.12. The fraction of sp³-hybridized carbons (Fsp3) is 0.583. The number of hydrogen-bond donors (Lipinski definition) is 1. The molecule has 0 aliphatic heterocycles. The number of imidazole rings is 1. The van der Waals surface area contributed by atoms with Crippen LogP contribution in [0.3, 0.4) is 0 Å². The van der Waals surface area contributed by atoms with Crippen molar-refractivity contribution < 1.29 is 4.92 Å². The molecule has 0 saturated heterocycles. The lowest BCUT2D eigenvalue weighted by molar-refractivity contribution is -0.391. The fourth-order valence-electron chi connectivity index (χ4n) is 2.51. The summed E-state index contributed by atoms with van der Waals surface area (Å²) in [5.41, 5.74) is 0.578. The Balaban J connectivity index is 2.61. The first kappa shape index (κ1) is 14.0. The first-order valence-electron chi connectivity index (χ1n) is 6.24.